The summed E-state index contributed by atoms with van der Waals surface area (Å²) in [5.74, 6) is -0.0545. The Morgan fingerprint density at radius 3 is 2.82 bits per heavy atom. The lowest BCUT2D eigenvalue weighted by Gasteiger charge is -2.37. The number of carbonyl (C=O) groups is 1. The molecular formula is C13H23NO3. The average molecular weight is 241 g/mol. The van der Waals surface area contributed by atoms with E-state index in [0.717, 1.165) is 45.2 Å². The molecule has 1 saturated carbocycles. The molecule has 2 aliphatic rings. The molecule has 0 aromatic rings. The Hall–Kier alpha value is -0.610. The van der Waals surface area contributed by atoms with Gasteiger partial charge in [0.2, 0.25) is 0 Å². The fourth-order valence-corrected chi connectivity index (χ4v) is 3.11. The lowest BCUT2D eigenvalue weighted by molar-refractivity contribution is -0.150. The number of carbonyl (C=O) groups excluding carboxylic acids is 1. The van der Waals surface area contributed by atoms with Gasteiger partial charge in [0.25, 0.3) is 0 Å². The van der Waals surface area contributed by atoms with Gasteiger partial charge in [-0.05, 0) is 45.6 Å². The summed E-state index contributed by atoms with van der Waals surface area (Å²) < 4.78 is 5.09. The van der Waals surface area contributed by atoms with Gasteiger partial charge in [0.05, 0.1) is 18.6 Å². The number of rotatable bonds is 3. The largest absolute Gasteiger partial charge is 0.466 e. The molecule has 2 fully saturated rings. The molecule has 1 aliphatic heterocycles. The van der Waals surface area contributed by atoms with Crippen molar-refractivity contribution in [3.05, 3.63) is 0 Å². The van der Waals surface area contributed by atoms with E-state index in [1.54, 1.807) is 0 Å². The molecule has 1 heterocycles. The zero-order chi connectivity index (χ0) is 12.3. The number of aliphatic hydroxyl groups excluding tert-OH is 1. The fourth-order valence-electron chi connectivity index (χ4n) is 3.11. The molecule has 0 aromatic heterocycles. The first-order valence-electron chi connectivity index (χ1n) is 6.81. The van der Waals surface area contributed by atoms with E-state index in [9.17, 15) is 9.90 Å². The van der Waals surface area contributed by atoms with E-state index in [0.29, 0.717) is 6.61 Å². The average Bonchev–Trinajstić information content (AvgIpc) is 2.76. The van der Waals surface area contributed by atoms with Crippen molar-refractivity contribution in [3.63, 3.8) is 0 Å². The predicted molar refractivity (Wildman–Crippen MR) is 64.6 cm³/mol. The number of hydrogen-bond acceptors (Lipinski definition) is 4. The Kier molecular flexibility index (Phi) is 4.40. The Morgan fingerprint density at radius 2 is 2.18 bits per heavy atom. The topological polar surface area (TPSA) is 49.8 Å². The third-order valence-electron chi connectivity index (χ3n) is 3.99. The van der Waals surface area contributed by atoms with Gasteiger partial charge in [-0.1, -0.05) is 0 Å². The molecule has 0 radical (unpaired) electrons. The van der Waals surface area contributed by atoms with Gasteiger partial charge in [0.15, 0.2) is 0 Å². The normalized spacial score (nSPS) is 34.8. The molecule has 0 aromatic carbocycles. The second kappa shape index (κ2) is 5.83. The standard InChI is InChI=1S/C13H23NO3/c1-2-17-13(16)10-5-4-8-14(9-10)11-6-3-7-12(11)15/h10-12,15H,2-9H2,1H3/t10-,11?,12?/m0/s1. The zero-order valence-corrected chi connectivity index (χ0v) is 10.6. The Bertz CT molecular complexity index is 269. The number of aliphatic hydroxyl groups is 1. The third-order valence-corrected chi connectivity index (χ3v) is 3.99. The Balaban J connectivity index is 1.90. The van der Waals surface area contributed by atoms with Gasteiger partial charge in [0, 0.05) is 12.6 Å². The summed E-state index contributed by atoms with van der Waals surface area (Å²) in [7, 11) is 0. The highest BCUT2D eigenvalue weighted by Gasteiger charge is 2.35. The maximum atomic E-state index is 11.7. The van der Waals surface area contributed by atoms with Crippen LogP contribution in [0.4, 0.5) is 0 Å². The van der Waals surface area contributed by atoms with Gasteiger partial charge in [-0.3, -0.25) is 9.69 Å². The van der Waals surface area contributed by atoms with E-state index < -0.39 is 0 Å². The summed E-state index contributed by atoms with van der Waals surface area (Å²) in [6.07, 6.45) is 4.84. The minimum absolute atomic E-state index is 0.0106. The van der Waals surface area contributed by atoms with Crippen LogP contribution in [0.1, 0.15) is 39.0 Å². The molecule has 0 bridgehead atoms. The summed E-state index contributed by atoms with van der Waals surface area (Å²) in [6, 6.07) is 0.271. The fraction of sp³-hybridized carbons (Fsp3) is 0.923. The quantitative estimate of drug-likeness (QED) is 0.754. The van der Waals surface area contributed by atoms with Crippen molar-refractivity contribution in [2.24, 2.45) is 5.92 Å². The van der Waals surface area contributed by atoms with Gasteiger partial charge in [-0.25, -0.2) is 0 Å². The van der Waals surface area contributed by atoms with Crippen LogP contribution in [0.3, 0.4) is 0 Å². The number of likely N-dealkylation sites (tertiary alicyclic amines) is 1. The Morgan fingerprint density at radius 1 is 1.35 bits per heavy atom. The number of piperidine rings is 1. The van der Waals surface area contributed by atoms with Crippen molar-refractivity contribution in [2.45, 2.75) is 51.2 Å². The van der Waals surface area contributed by atoms with Gasteiger partial charge in [0.1, 0.15) is 0 Å². The minimum atomic E-state index is -0.198. The van der Waals surface area contributed by atoms with E-state index in [2.05, 4.69) is 4.90 Å². The summed E-state index contributed by atoms with van der Waals surface area (Å²) in [4.78, 5) is 14.0. The lowest BCUT2D eigenvalue weighted by Crippen LogP contribution is -2.47. The van der Waals surface area contributed by atoms with E-state index in [4.69, 9.17) is 4.74 Å². The number of hydrogen-bond donors (Lipinski definition) is 1. The van der Waals surface area contributed by atoms with Crippen molar-refractivity contribution in [1.82, 2.24) is 4.90 Å². The van der Waals surface area contributed by atoms with Crippen molar-refractivity contribution < 1.29 is 14.6 Å². The molecule has 1 saturated heterocycles. The molecule has 2 unspecified atom stereocenters. The van der Waals surface area contributed by atoms with Crippen LogP contribution in [0.2, 0.25) is 0 Å². The van der Waals surface area contributed by atoms with Crippen LogP contribution in [0.15, 0.2) is 0 Å². The van der Waals surface area contributed by atoms with Crippen molar-refractivity contribution in [2.75, 3.05) is 19.7 Å². The summed E-state index contributed by atoms with van der Waals surface area (Å²) in [5, 5.41) is 9.91. The van der Waals surface area contributed by atoms with Crippen LogP contribution in [0, 0.1) is 5.92 Å². The number of ether oxygens (including phenoxy) is 1. The molecule has 1 N–H and O–H groups in total. The SMILES string of the molecule is CCOC(=O)[C@H]1CCCN(C2CCCC2O)C1. The molecule has 0 spiro atoms. The number of esters is 1. The van der Waals surface area contributed by atoms with Crippen LogP contribution < -0.4 is 0 Å². The van der Waals surface area contributed by atoms with Crippen LogP contribution in [-0.4, -0.2) is 47.8 Å². The highest BCUT2D eigenvalue weighted by atomic mass is 16.5. The molecule has 2 rings (SSSR count). The first kappa shape index (κ1) is 12.8. The second-order valence-electron chi connectivity index (χ2n) is 5.15. The van der Waals surface area contributed by atoms with E-state index in [1.807, 2.05) is 6.92 Å². The minimum Gasteiger partial charge on any atom is -0.466 e. The molecule has 0 amide bonds. The van der Waals surface area contributed by atoms with Crippen LogP contribution in [0.25, 0.3) is 0 Å². The van der Waals surface area contributed by atoms with Gasteiger partial charge in [-0.15, -0.1) is 0 Å². The maximum absolute atomic E-state index is 11.7. The predicted octanol–water partition coefficient (Wildman–Crippen LogP) is 1.17. The molecule has 1 aliphatic carbocycles. The van der Waals surface area contributed by atoms with Crippen molar-refractivity contribution in [1.29, 1.82) is 0 Å². The molecule has 4 nitrogen and oxygen atoms in total. The van der Waals surface area contributed by atoms with E-state index in [1.165, 1.54) is 0 Å². The maximum Gasteiger partial charge on any atom is 0.310 e. The van der Waals surface area contributed by atoms with Crippen LogP contribution in [-0.2, 0) is 9.53 Å². The smallest absolute Gasteiger partial charge is 0.310 e. The van der Waals surface area contributed by atoms with Gasteiger partial charge >= 0.3 is 5.97 Å². The zero-order valence-electron chi connectivity index (χ0n) is 10.6. The van der Waals surface area contributed by atoms with Crippen molar-refractivity contribution in [3.8, 4) is 0 Å². The molecule has 3 atom stereocenters. The molecule has 17 heavy (non-hydrogen) atoms. The van der Waals surface area contributed by atoms with E-state index >= 15 is 0 Å². The summed E-state index contributed by atoms with van der Waals surface area (Å²) in [5.41, 5.74) is 0. The van der Waals surface area contributed by atoms with E-state index in [-0.39, 0.29) is 24.0 Å². The summed E-state index contributed by atoms with van der Waals surface area (Å²) in [6.45, 7) is 4.08. The highest BCUT2D eigenvalue weighted by Crippen LogP contribution is 2.28. The lowest BCUT2D eigenvalue weighted by atomic mass is 9.96. The van der Waals surface area contributed by atoms with Crippen LogP contribution in [0.5, 0.6) is 0 Å². The van der Waals surface area contributed by atoms with Gasteiger partial charge in [-0.2, -0.15) is 0 Å². The molecule has 98 valence electrons. The third kappa shape index (κ3) is 2.99. The van der Waals surface area contributed by atoms with Gasteiger partial charge < -0.3 is 9.84 Å². The van der Waals surface area contributed by atoms with Crippen LogP contribution >= 0.6 is 0 Å². The van der Waals surface area contributed by atoms with Crippen molar-refractivity contribution >= 4 is 5.97 Å². The Labute approximate surface area is 103 Å². The molecular weight excluding hydrogens is 218 g/mol. The number of nitrogens with zero attached hydrogens (tertiary/aromatic N) is 1. The monoisotopic (exact) mass is 241 g/mol. The summed E-state index contributed by atoms with van der Waals surface area (Å²) >= 11 is 0. The first-order chi connectivity index (χ1) is 8.22. The second-order valence-corrected chi connectivity index (χ2v) is 5.15. The first-order valence-corrected chi connectivity index (χ1v) is 6.81. The molecule has 4 heteroatoms. The highest BCUT2D eigenvalue weighted by molar-refractivity contribution is 5.72.